The van der Waals surface area contributed by atoms with Crippen molar-refractivity contribution in [2.45, 2.75) is 13.3 Å². The number of thiophene rings is 1. The molecule has 0 saturated carbocycles. The van der Waals surface area contributed by atoms with Crippen LogP contribution in [0.4, 0.5) is 0 Å². The summed E-state index contributed by atoms with van der Waals surface area (Å²) in [7, 11) is 1.35. The topological polar surface area (TPSA) is 50.7 Å². The maximum atomic E-state index is 11.4. The minimum Gasteiger partial charge on any atom is -0.464 e. The van der Waals surface area contributed by atoms with Gasteiger partial charge < -0.3 is 9.46 Å². The molecule has 0 atom stereocenters. The minimum absolute atomic E-state index is 0.318. The quantitative estimate of drug-likeness (QED) is 0.674. The van der Waals surface area contributed by atoms with Crippen LogP contribution >= 0.6 is 39.4 Å². The molecule has 1 N–H and O–H groups in total. The van der Waals surface area contributed by atoms with Crippen LogP contribution in [0.2, 0.25) is 0 Å². The second-order valence-corrected chi connectivity index (χ2v) is 6.02. The van der Waals surface area contributed by atoms with Crippen LogP contribution in [0, 0.1) is 0 Å². The van der Waals surface area contributed by atoms with Gasteiger partial charge in [-0.15, -0.1) is 11.3 Å². The molecule has 1 aromatic heterocycles. The monoisotopic (exact) mass is 346 g/mol. The number of rotatable bonds is 3. The number of hydrogen-bond donors (Lipinski definition) is 1. The van der Waals surface area contributed by atoms with Gasteiger partial charge in [0.15, 0.2) is 5.71 Å². The molecule has 18 heavy (non-hydrogen) atoms. The molecule has 0 bridgehead atoms. The predicted octanol–water partition coefficient (Wildman–Crippen LogP) is 3.19. The molecule has 2 rings (SSSR count). The molecule has 0 amide bonds. The lowest BCUT2D eigenvalue weighted by atomic mass is 10.2. The molecule has 0 fully saturated rings. The van der Waals surface area contributed by atoms with Crippen molar-refractivity contribution in [3.63, 3.8) is 0 Å². The SMILES string of the molecule is CCc1sc(C2=CC(C(=O)OC)=NSN2)cc1Br. The van der Waals surface area contributed by atoms with Crippen LogP contribution in [0.1, 0.15) is 16.7 Å². The smallest absolute Gasteiger partial charge is 0.357 e. The van der Waals surface area contributed by atoms with Crippen molar-refractivity contribution >= 4 is 56.8 Å². The first-order valence-electron chi connectivity index (χ1n) is 5.24. The van der Waals surface area contributed by atoms with Gasteiger partial charge in [0, 0.05) is 9.35 Å². The lowest BCUT2D eigenvalue weighted by Gasteiger charge is -2.11. The van der Waals surface area contributed by atoms with Crippen molar-refractivity contribution in [1.29, 1.82) is 0 Å². The summed E-state index contributed by atoms with van der Waals surface area (Å²) in [5, 5.41) is 0. The van der Waals surface area contributed by atoms with Gasteiger partial charge in [0.25, 0.3) is 0 Å². The van der Waals surface area contributed by atoms with Crippen LogP contribution < -0.4 is 4.72 Å². The molecule has 0 aliphatic carbocycles. The lowest BCUT2D eigenvalue weighted by molar-refractivity contribution is -0.132. The summed E-state index contributed by atoms with van der Waals surface area (Å²) < 4.78 is 12.8. The first-order chi connectivity index (χ1) is 8.65. The maximum absolute atomic E-state index is 11.4. The molecular weight excluding hydrogens is 336 g/mol. The number of carbonyl (C=O) groups excluding carboxylic acids is 1. The van der Waals surface area contributed by atoms with E-state index < -0.39 is 5.97 Å². The lowest BCUT2D eigenvalue weighted by Crippen LogP contribution is -2.18. The van der Waals surface area contributed by atoms with Crippen LogP contribution in [0.15, 0.2) is 21.0 Å². The Morgan fingerprint density at radius 3 is 3.00 bits per heavy atom. The third-order valence-electron chi connectivity index (χ3n) is 2.32. The Morgan fingerprint density at radius 2 is 2.39 bits per heavy atom. The molecule has 2 heterocycles. The maximum Gasteiger partial charge on any atom is 0.357 e. The predicted molar refractivity (Wildman–Crippen MR) is 79.6 cm³/mol. The third-order valence-corrected chi connectivity index (χ3v) is 5.20. The van der Waals surface area contributed by atoms with Gasteiger partial charge in [-0.3, -0.25) is 0 Å². The normalized spacial score (nSPS) is 14.6. The van der Waals surface area contributed by atoms with Crippen molar-refractivity contribution in [2.24, 2.45) is 4.40 Å². The number of methoxy groups -OCH3 is 1. The molecule has 7 heteroatoms. The molecule has 1 aliphatic heterocycles. The number of nitrogens with one attached hydrogen (secondary N) is 1. The summed E-state index contributed by atoms with van der Waals surface area (Å²) >= 11 is 6.35. The molecular formula is C11H11BrN2O2S2. The zero-order valence-electron chi connectivity index (χ0n) is 9.82. The average Bonchev–Trinajstić information content (AvgIpc) is 2.79. The highest BCUT2D eigenvalue weighted by Crippen LogP contribution is 2.33. The number of esters is 1. The van der Waals surface area contributed by atoms with Crippen molar-refractivity contribution in [3.8, 4) is 0 Å². The van der Waals surface area contributed by atoms with E-state index in [9.17, 15) is 4.79 Å². The van der Waals surface area contributed by atoms with Crippen LogP contribution in [0.3, 0.4) is 0 Å². The molecule has 0 spiro atoms. The fourth-order valence-electron chi connectivity index (χ4n) is 1.42. The van der Waals surface area contributed by atoms with E-state index in [4.69, 9.17) is 0 Å². The average molecular weight is 347 g/mol. The highest BCUT2D eigenvalue weighted by Gasteiger charge is 2.18. The summed E-state index contributed by atoms with van der Waals surface area (Å²) in [5.74, 6) is -0.423. The van der Waals surface area contributed by atoms with Crippen molar-refractivity contribution in [3.05, 3.63) is 26.4 Å². The highest BCUT2D eigenvalue weighted by atomic mass is 79.9. The van der Waals surface area contributed by atoms with Gasteiger partial charge in [-0.05, 0) is 34.5 Å². The molecule has 0 unspecified atom stereocenters. The van der Waals surface area contributed by atoms with Crippen molar-refractivity contribution in [2.75, 3.05) is 7.11 Å². The fraction of sp³-hybridized carbons (Fsp3) is 0.273. The summed E-state index contributed by atoms with van der Waals surface area (Å²) in [5.41, 5.74) is 1.19. The van der Waals surface area contributed by atoms with Gasteiger partial charge in [0.1, 0.15) is 0 Å². The molecule has 0 radical (unpaired) electrons. The fourth-order valence-corrected chi connectivity index (χ4v) is 3.89. The third kappa shape index (κ3) is 2.78. The molecule has 0 saturated heterocycles. The van der Waals surface area contributed by atoms with E-state index in [1.54, 1.807) is 17.4 Å². The van der Waals surface area contributed by atoms with E-state index >= 15 is 0 Å². The van der Waals surface area contributed by atoms with Crippen molar-refractivity contribution in [1.82, 2.24) is 4.72 Å². The van der Waals surface area contributed by atoms with Crippen molar-refractivity contribution < 1.29 is 9.53 Å². The van der Waals surface area contributed by atoms with Gasteiger partial charge in [0.2, 0.25) is 0 Å². The Labute approximate surface area is 122 Å². The number of ether oxygens (including phenoxy) is 1. The second-order valence-electron chi connectivity index (χ2n) is 3.45. The number of aryl methyl sites for hydroxylation is 1. The van der Waals surface area contributed by atoms with Crippen LogP contribution in [-0.2, 0) is 16.0 Å². The highest BCUT2D eigenvalue weighted by molar-refractivity contribution is 9.10. The molecule has 96 valence electrons. The standard InChI is InChI=1S/C11H11BrN2O2S2/c1-3-9-6(12)4-10(17-9)7-5-8(11(15)16-2)14-18-13-7/h4-5,13H,3H2,1-2H3. The zero-order valence-corrected chi connectivity index (χ0v) is 13.0. The molecule has 1 aliphatic rings. The van der Waals surface area contributed by atoms with Gasteiger partial charge >= 0.3 is 5.97 Å². The minimum atomic E-state index is -0.423. The van der Waals surface area contributed by atoms with Crippen LogP contribution in [0.5, 0.6) is 0 Å². The van der Waals surface area contributed by atoms with E-state index in [0.717, 1.165) is 33.6 Å². The van der Waals surface area contributed by atoms with Gasteiger partial charge in [-0.2, -0.15) is 4.40 Å². The summed E-state index contributed by atoms with van der Waals surface area (Å²) in [6.45, 7) is 2.11. The Bertz CT molecular complexity index is 537. The zero-order chi connectivity index (χ0) is 13.1. The Hall–Kier alpha value is -0.790. The van der Waals surface area contributed by atoms with Gasteiger partial charge in [-0.25, -0.2) is 4.79 Å². The van der Waals surface area contributed by atoms with Crippen LogP contribution in [0.25, 0.3) is 5.70 Å². The van der Waals surface area contributed by atoms with E-state index in [2.05, 4.69) is 36.7 Å². The van der Waals surface area contributed by atoms with E-state index in [-0.39, 0.29) is 0 Å². The second kappa shape index (κ2) is 5.90. The van der Waals surface area contributed by atoms with Crippen LogP contribution in [-0.4, -0.2) is 18.8 Å². The first kappa shape index (κ1) is 13.6. The first-order valence-corrected chi connectivity index (χ1v) is 7.62. The Balaban J connectivity index is 2.30. The summed E-state index contributed by atoms with van der Waals surface area (Å²) in [6, 6.07) is 2.04. The summed E-state index contributed by atoms with van der Waals surface area (Å²) in [4.78, 5) is 13.8. The van der Waals surface area contributed by atoms with E-state index in [1.165, 1.54) is 12.0 Å². The molecule has 0 aromatic carbocycles. The molecule has 4 nitrogen and oxygen atoms in total. The van der Waals surface area contributed by atoms with Gasteiger partial charge in [0.05, 0.1) is 29.8 Å². The summed E-state index contributed by atoms with van der Waals surface area (Å²) in [6.07, 6.45) is 2.68. The number of hydrogen-bond acceptors (Lipinski definition) is 6. The van der Waals surface area contributed by atoms with E-state index in [0.29, 0.717) is 5.71 Å². The number of carbonyl (C=O) groups is 1. The van der Waals surface area contributed by atoms with E-state index in [1.807, 2.05) is 6.07 Å². The Kier molecular flexibility index (Phi) is 4.47. The largest absolute Gasteiger partial charge is 0.464 e. The Morgan fingerprint density at radius 1 is 1.61 bits per heavy atom. The number of nitrogens with zero attached hydrogens (tertiary/aromatic N) is 1. The molecule has 1 aromatic rings. The number of halogens is 1. The van der Waals surface area contributed by atoms with Gasteiger partial charge in [-0.1, -0.05) is 6.92 Å².